The van der Waals surface area contributed by atoms with Crippen LogP contribution in [-0.2, 0) is 11.0 Å². The van der Waals surface area contributed by atoms with Crippen LogP contribution in [0, 0.1) is 0 Å². The van der Waals surface area contributed by atoms with Gasteiger partial charge in [0.1, 0.15) is 11.8 Å². The zero-order valence-corrected chi connectivity index (χ0v) is 15.2. The number of hydrogen-bond acceptors (Lipinski definition) is 2. The van der Waals surface area contributed by atoms with E-state index in [-0.39, 0.29) is 10.8 Å². The van der Waals surface area contributed by atoms with Crippen molar-refractivity contribution in [2.45, 2.75) is 33.7 Å². The van der Waals surface area contributed by atoms with E-state index in [0.717, 1.165) is 0 Å². The largest absolute Gasteiger partial charge is 0.468 e. The summed E-state index contributed by atoms with van der Waals surface area (Å²) in [5.74, 6) is 0.688. The van der Waals surface area contributed by atoms with Crippen LogP contribution in [0.5, 0.6) is 0 Å². The predicted octanol–water partition coefficient (Wildman–Crippen LogP) is 4.21. The van der Waals surface area contributed by atoms with Crippen LogP contribution in [-0.4, -0.2) is 11.1 Å². The molecule has 3 nitrogen and oxygen atoms in total. The van der Waals surface area contributed by atoms with Gasteiger partial charge in [0.2, 0.25) is 0 Å². The molecular formula is C10H14Br3NO2S. The number of alkyl halides is 3. The van der Waals surface area contributed by atoms with Gasteiger partial charge in [-0.15, -0.1) is 0 Å². The van der Waals surface area contributed by atoms with Gasteiger partial charge in [0, 0.05) is 0 Å². The molecule has 0 radical (unpaired) electrons. The van der Waals surface area contributed by atoms with Crippen molar-refractivity contribution in [2.75, 3.05) is 0 Å². The van der Waals surface area contributed by atoms with Gasteiger partial charge in [-0.25, -0.2) is 8.93 Å². The van der Waals surface area contributed by atoms with E-state index in [9.17, 15) is 4.21 Å². The zero-order valence-electron chi connectivity index (χ0n) is 9.67. The molecule has 0 saturated carbocycles. The number of hydrogen-bond donors (Lipinski definition) is 1. The van der Waals surface area contributed by atoms with Crippen molar-refractivity contribution in [1.29, 1.82) is 0 Å². The fourth-order valence-electron chi connectivity index (χ4n) is 1.03. The average Bonchev–Trinajstić information content (AvgIpc) is 2.62. The minimum absolute atomic E-state index is 0.308. The summed E-state index contributed by atoms with van der Waals surface area (Å²) in [5.41, 5.74) is 0. The molecule has 0 aliphatic rings. The monoisotopic (exact) mass is 449 g/mol. The smallest absolute Gasteiger partial charge is 0.158 e. The molecule has 0 aromatic carbocycles. The first-order valence-electron chi connectivity index (χ1n) is 4.90. The Morgan fingerprint density at radius 3 is 2.29 bits per heavy atom. The molecule has 2 atom stereocenters. The van der Waals surface area contributed by atoms with Crippen LogP contribution in [0.15, 0.2) is 22.8 Å². The first kappa shape index (κ1) is 15.9. The van der Waals surface area contributed by atoms with Crippen molar-refractivity contribution in [3.8, 4) is 0 Å². The summed E-state index contributed by atoms with van der Waals surface area (Å²) < 4.78 is 19.5. The molecule has 98 valence electrons. The van der Waals surface area contributed by atoms with Crippen molar-refractivity contribution in [3.63, 3.8) is 0 Å². The number of nitrogens with one attached hydrogen (secondary N) is 1. The minimum atomic E-state index is -1.20. The second-order valence-electron chi connectivity index (χ2n) is 4.49. The Morgan fingerprint density at radius 1 is 1.35 bits per heavy atom. The van der Waals surface area contributed by atoms with E-state index in [0.29, 0.717) is 5.76 Å². The Balaban J connectivity index is 2.92. The lowest BCUT2D eigenvalue weighted by Gasteiger charge is -2.28. The van der Waals surface area contributed by atoms with Gasteiger partial charge in [-0.3, -0.25) is 0 Å². The van der Waals surface area contributed by atoms with Gasteiger partial charge < -0.3 is 4.42 Å². The average molecular weight is 452 g/mol. The summed E-state index contributed by atoms with van der Waals surface area (Å²) in [4.78, 5) is 0. The second-order valence-corrected chi connectivity index (χ2v) is 13.4. The molecule has 7 heteroatoms. The lowest BCUT2D eigenvalue weighted by Crippen LogP contribution is -2.39. The number of furan rings is 1. The standard InChI is InChI=1S/C10H14Br3NO2S/c1-9(2,3)17(15)14-8(10(11,12)13)7-5-4-6-16-7/h4-6,8,14H,1-3H3/t8-,17?/m0/s1. The number of halogens is 3. The Kier molecular flexibility index (Phi) is 5.47. The van der Waals surface area contributed by atoms with Gasteiger partial charge in [-0.05, 0) is 32.9 Å². The molecule has 1 unspecified atom stereocenters. The third kappa shape index (κ3) is 4.78. The fourth-order valence-corrected chi connectivity index (χ4v) is 3.36. The molecule has 17 heavy (non-hydrogen) atoms. The maximum absolute atomic E-state index is 12.1. The summed E-state index contributed by atoms with van der Waals surface area (Å²) in [6.07, 6.45) is 1.59. The highest BCUT2D eigenvalue weighted by molar-refractivity contribution is 9.39. The van der Waals surface area contributed by atoms with E-state index in [1.54, 1.807) is 12.3 Å². The molecule has 0 spiro atoms. The lowest BCUT2D eigenvalue weighted by molar-refractivity contribution is 0.459. The minimum Gasteiger partial charge on any atom is -0.468 e. The summed E-state index contributed by atoms with van der Waals surface area (Å²) in [6.45, 7) is 5.73. The van der Waals surface area contributed by atoms with E-state index in [2.05, 4.69) is 52.5 Å². The first-order chi connectivity index (χ1) is 7.62. The molecule has 1 N–H and O–H groups in total. The predicted molar refractivity (Wildman–Crippen MR) is 82.0 cm³/mol. The molecule has 1 aromatic heterocycles. The van der Waals surface area contributed by atoms with Crippen LogP contribution in [0.25, 0.3) is 0 Å². The van der Waals surface area contributed by atoms with Crippen LogP contribution in [0.2, 0.25) is 0 Å². The van der Waals surface area contributed by atoms with Crippen molar-refractivity contribution >= 4 is 58.8 Å². The van der Waals surface area contributed by atoms with Crippen LogP contribution in [0.3, 0.4) is 0 Å². The van der Waals surface area contributed by atoms with Gasteiger partial charge in [0.25, 0.3) is 0 Å². The third-order valence-electron chi connectivity index (χ3n) is 1.94. The molecule has 1 heterocycles. The van der Waals surface area contributed by atoms with Crippen LogP contribution in [0.1, 0.15) is 32.6 Å². The lowest BCUT2D eigenvalue weighted by atomic mass is 10.3. The molecule has 0 bridgehead atoms. The summed E-state index contributed by atoms with van der Waals surface area (Å²) in [5, 5.41) is 0. The van der Waals surface area contributed by atoms with Crippen molar-refractivity contribution < 1.29 is 8.63 Å². The second kappa shape index (κ2) is 5.86. The molecule has 1 aromatic rings. The van der Waals surface area contributed by atoms with E-state index in [1.807, 2.05) is 26.8 Å². The quantitative estimate of drug-likeness (QED) is 0.699. The van der Waals surface area contributed by atoms with E-state index in [4.69, 9.17) is 4.42 Å². The van der Waals surface area contributed by atoms with Crippen molar-refractivity contribution in [2.24, 2.45) is 0 Å². The summed E-state index contributed by atoms with van der Waals surface area (Å²) in [6, 6.07) is 3.32. The Bertz CT molecular complexity index is 381. The van der Waals surface area contributed by atoms with Gasteiger partial charge >= 0.3 is 0 Å². The van der Waals surface area contributed by atoms with Gasteiger partial charge in [-0.2, -0.15) is 0 Å². The highest BCUT2D eigenvalue weighted by Gasteiger charge is 2.37. The molecule has 0 amide bonds. The maximum Gasteiger partial charge on any atom is 0.158 e. The zero-order chi connectivity index (χ0) is 13.3. The first-order valence-corrected chi connectivity index (χ1v) is 8.43. The van der Waals surface area contributed by atoms with Crippen molar-refractivity contribution in [1.82, 2.24) is 4.72 Å². The van der Waals surface area contributed by atoms with E-state index < -0.39 is 13.1 Å². The highest BCUT2D eigenvalue weighted by Crippen LogP contribution is 2.45. The molecule has 1 rings (SSSR count). The molecule has 0 saturated heterocycles. The van der Waals surface area contributed by atoms with Crippen LogP contribution < -0.4 is 4.72 Å². The Morgan fingerprint density at radius 2 is 1.94 bits per heavy atom. The van der Waals surface area contributed by atoms with Crippen LogP contribution in [0.4, 0.5) is 0 Å². The maximum atomic E-state index is 12.1. The summed E-state index contributed by atoms with van der Waals surface area (Å²) in [7, 11) is -1.20. The molecule has 0 fully saturated rings. The SMILES string of the molecule is CC(C)(C)S(=O)N[C@@H](c1ccco1)C(Br)(Br)Br. The van der Waals surface area contributed by atoms with E-state index >= 15 is 0 Å². The topological polar surface area (TPSA) is 42.2 Å². The normalized spacial score (nSPS) is 16.8. The van der Waals surface area contributed by atoms with E-state index in [1.165, 1.54) is 0 Å². The third-order valence-corrected chi connectivity index (χ3v) is 4.87. The Hall–Kier alpha value is 0.830. The molecular weight excluding hydrogens is 438 g/mol. The molecule has 0 aliphatic carbocycles. The van der Waals surface area contributed by atoms with Gasteiger partial charge in [0.05, 0.1) is 22.0 Å². The highest BCUT2D eigenvalue weighted by atomic mass is 80.0. The fraction of sp³-hybridized carbons (Fsp3) is 0.600. The summed E-state index contributed by atoms with van der Waals surface area (Å²) >= 11 is 10.3. The van der Waals surface area contributed by atoms with Gasteiger partial charge in [0.15, 0.2) is 2.14 Å². The molecule has 0 aliphatic heterocycles. The number of rotatable bonds is 3. The van der Waals surface area contributed by atoms with Crippen LogP contribution >= 0.6 is 47.8 Å². The Labute approximate surface area is 129 Å². The van der Waals surface area contributed by atoms with Crippen molar-refractivity contribution in [3.05, 3.63) is 24.2 Å². The van der Waals surface area contributed by atoms with Gasteiger partial charge in [-0.1, -0.05) is 47.8 Å².